The van der Waals surface area contributed by atoms with Gasteiger partial charge in [0.2, 0.25) is 10.0 Å². The fourth-order valence-electron chi connectivity index (χ4n) is 1.59. The Bertz CT molecular complexity index is 475. The molecular formula is C12H20N2O2S2. The lowest BCUT2D eigenvalue weighted by atomic mass is 10.2. The normalized spacial score (nSPS) is 13.5. The van der Waals surface area contributed by atoms with Crippen LogP contribution in [0.4, 0.5) is 0 Å². The lowest BCUT2D eigenvalue weighted by Crippen LogP contribution is -2.35. The molecule has 0 aliphatic carbocycles. The van der Waals surface area contributed by atoms with E-state index in [4.69, 9.17) is 5.73 Å². The Kier molecular flexibility index (Phi) is 6.14. The Morgan fingerprint density at radius 3 is 2.67 bits per heavy atom. The van der Waals surface area contributed by atoms with E-state index in [2.05, 4.69) is 11.6 Å². The van der Waals surface area contributed by atoms with E-state index in [0.717, 1.165) is 11.5 Å². The summed E-state index contributed by atoms with van der Waals surface area (Å²) in [5.74, 6) is 1.74. The van der Waals surface area contributed by atoms with Crippen molar-refractivity contribution in [2.24, 2.45) is 5.73 Å². The third-order valence-corrected chi connectivity index (χ3v) is 5.24. The molecule has 3 N–H and O–H groups in total. The standard InChI is InChI=1S/C12H20N2O2S2/c1-3-17-9-10(2)14-18(15,16)12-7-5-4-6-11(12)8-13/h4-7,10,14H,3,8-9,13H2,1-2H3. The third kappa shape index (κ3) is 4.28. The van der Waals surface area contributed by atoms with Gasteiger partial charge < -0.3 is 5.73 Å². The van der Waals surface area contributed by atoms with E-state index < -0.39 is 10.0 Å². The summed E-state index contributed by atoms with van der Waals surface area (Å²) in [7, 11) is -3.48. The second-order valence-corrected chi connectivity index (χ2v) is 6.99. The van der Waals surface area contributed by atoms with Crippen LogP contribution in [0.3, 0.4) is 0 Å². The molecule has 0 fully saturated rings. The zero-order valence-electron chi connectivity index (χ0n) is 10.7. The molecule has 1 atom stereocenters. The van der Waals surface area contributed by atoms with Gasteiger partial charge in [-0.25, -0.2) is 13.1 Å². The summed E-state index contributed by atoms with van der Waals surface area (Å²) in [6, 6.07) is 6.73. The molecule has 1 unspecified atom stereocenters. The van der Waals surface area contributed by atoms with Gasteiger partial charge in [-0.05, 0) is 24.3 Å². The number of rotatable bonds is 7. The molecule has 0 spiro atoms. The van der Waals surface area contributed by atoms with E-state index in [0.29, 0.717) is 5.56 Å². The van der Waals surface area contributed by atoms with Crippen LogP contribution in [-0.4, -0.2) is 26.0 Å². The van der Waals surface area contributed by atoms with Gasteiger partial charge in [-0.3, -0.25) is 0 Å². The van der Waals surface area contributed by atoms with E-state index >= 15 is 0 Å². The predicted octanol–water partition coefficient (Wildman–Crippen LogP) is 1.57. The Morgan fingerprint density at radius 1 is 1.39 bits per heavy atom. The number of nitrogens with two attached hydrogens (primary N) is 1. The van der Waals surface area contributed by atoms with Crippen molar-refractivity contribution in [2.75, 3.05) is 11.5 Å². The van der Waals surface area contributed by atoms with Gasteiger partial charge in [0.1, 0.15) is 0 Å². The molecule has 1 aromatic rings. The van der Waals surface area contributed by atoms with Gasteiger partial charge >= 0.3 is 0 Å². The number of sulfonamides is 1. The summed E-state index contributed by atoms with van der Waals surface area (Å²) in [5, 5.41) is 0. The molecule has 102 valence electrons. The smallest absolute Gasteiger partial charge is 0.241 e. The highest BCUT2D eigenvalue weighted by Crippen LogP contribution is 2.15. The van der Waals surface area contributed by atoms with Crippen molar-refractivity contribution in [3.63, 3.8) is 0 Å². The molecule has 1 aromatic carbocycles. The first-order chi connectivity index (χ1) is 8.51. The van der Waals surface area contributed by atoms with Gasteiger partial charge in [0.15, 0.2) is 0 Å². The SMILES string of the molecule is CCSCC(C)NS(=O)(=O)c1ccccc1CN. The minimum absolute atomic E-state index is 0.0919. The van der Waals surface area contributed by atoms with Crippen LogP contribution < -0.4 is 10.5 Å². The molecule has 0 saturated heterocycles. The summed E-state index contributed by atoms with van der Waals surface area (Å²) in [5.41, 5.74) is 6.20. The molecule has 0 aliphatic rings. The molecule has 4 nitrogen and oxygen atoms in total. The van der Waals surface area contributed by atoms with Crippen molar-refractivity contribution < 1.29 is 8.42 Å². The zero-order valence-corrected chi connectivity index (χ0v) is 12.4. The lowest BCUT2D eigenvalue weighted by Gasteiger charge is -2.15. The number of thioether (sulfide) groups is 1. The van der Waals surface area contributed by atoms with Crippen LogP contribution in [0.15, 0.2) is 29.2 Å². The Hall–Kier alpha value is -0.560. The number of benzene rings is 1. The highest BCUT2D eigenvalue weighted by atomic mass is 32.2. The summed E-state index contributed by atoms with van der Waals surface area (Å²) in [6.45, 7) is 4.13. The first kappa shape index (κ1) is 15.5. The van der Waals surface area contributed by atoms with Gasteiger partial charge in [0.25, 0.3) is 0 Å². The van der Waals surface area contributed by atoms with Crippen LogP contribution in [0.2, 0.25) is 0 Å². The van der Waals surface area contributed by atoms with Crippen molar-refractivity contribution >= 4 is 21.8 Å². The topological polar surface area (TPSA) is 72.2 Å². The highest BCUT2D eigenvalue weighted by molar-refractivity contribution is 7.99. The van der Waals surface area contributed by atoms with E-state index in [1.807, 2.05) is 6.92 Å². The average Bonchev–Trinajstić information content (AvgIpc) is 2.35. The lowest BCUT2D eigenvalue weighted by molar-refractivity contribution is 0.570. The van der Waals surface area contributed by atoms with Crippen LogP contribution in [0.1, 0.15) is 19.4 Å². The molecule has 0 heterocycles. The average molecular weight is 288 g/mol. The number of nitrogens with one attached hydrogen (secondary N) is 1. The Balaban J connectivity index is 2.86. The largest absolute Gasteiger partial charge is 0.326 e. The summed E-state index contributed by atoms with van der Waals surface area (Å²) >= 11 is 1.71. The minimum atomic E-state index is -3.48. The second-order valence-electron chi connectivity index (χ2n) is 3.99. The summed E-state index contributed by atoms with van der Waals surface area (Å²) in [6.07, 6.45) is 0. The molecule has 0 aromatic heterocycles. The highest BCUT2D eigenvalue weighted by Gasteiger charge is 2.19. The molecule has 6 heteroatoms. The molecule has 0 aliphatic heterocycles. The van der Waals surface area contributed by atoms with Gasteiger partial charge in [-0.1, -0.05) is 25.1 Å². The molecule has 1 rings (SSSR count). The predicted molar refractivity (Wildman–Crippen MR) is 77.1 cm³/mol. The third-order valence-electron chi connectivity index (χ3n) is 2.41. The quantitative estimate of drug-likeness (QED) is 0.799. The molecule has 0 bridgehead atoms. The number of hydrogen-bond acceptors (Lipinski definition) is 4. The fourth-order valence-corrected chi connectivity index (χ4v) is 3.86. The minimum Gasteiger partial charge on any atom is -0.326 e. The van der Waals surface area contributed by atoms with Crippen LogP contribution in [0, 0.1) is 0 Å². The van der Waals surface area contributed by atoms with Crippen molar-refractivity contribution in [1.82, 2.24) is 4.72 Å². The van der Waals surface area contributed by atoms with E-state index in [9.17, 15) is 8.42 Å². The molecule has 0 amide bonds. The van der Waals surface area contributed by atoms with Gasteiger partial charge in [0, 0.05) is 18.3 Å². The fraction of sp³-hybridized carbons (Fsp3) is 0.500. The van der Waals surface area contributed by atoms with E-state index in [-0.39, 0.29) is 17.5 Å². The van der Waals surface area contributed by atoms with E-state index in [1.54, 1.807) is 36.0 Å². The molecule has 0 radical (unpaired) electrons. The maximum absolute atomic E-state index is 12.2. The van der Waals surface area contributed by atoms with Crippen molar-refractivity contribution in [3.8, 4) is 0 Å². The Morgan fingerprint density at radius 2 is 2.06 bits per heavy atom. The Labute approximate surface area is 113 Å². The maximum Gasteiger partial charge on any atom is 0.241 e. The molecule has 0 saturated carbocycles. The van der Waals surface area contributed by atoms with Crippen molar-refractivity contribution in [3.05, 3.63) is 29.8 Å². The first-order valence-corrected chi connectivity index (χ1v) is 8.53. The summed E-state index contributed by atoms with van der Waals surface area (Å²) in [4.78, 5) is 0.279. The maximum atomic E-state index is 12.2. The van der Waals surface area contributed by atoms with E-state index in [1.165, 1.54) is 0 Å². The second kappa shape index (κ2) is 7.13. The van der Waals surface area contributed by atoms with Gasteiger partial charge in [-0.15, -0.1) is 0 Å². The zero-order chi connectivity index (χ0) is 13.6. The molecule has 18 heavy (non-hydrogen) atoms. The molecular weight excluding hydrogens is 268 g/mol. The van der Waals surface area contributed by atoms with Crippen molar-refractivity contribution in [1.29, 1.82) is 0 Å². The van der Waals surface area contributed by atoms with Crippen LogP contribution in [0.5, 0.6) is 0 Å². The van der Waals surface area contributed by atoms with Crippen LogP contribution in [-0.2, 0) is 16.6 Å². The van der Waals surface area contributed by atoms with Gasteiger partial charge in [-0.2, -0.15) is 11.8 Å². The van der Waals surface area contributed by atoms with Crippen molar-refractivity contribution in [2.45, 2.75) is 31.3 Å². The number of hydrogen-bond donors (Lipinski definition) is 2. The van der Waals surface area contributed by atoms with Crippen LogP contribution >= 0.6 is 11.8 Å². The monoisotopic (exact) mass is 288 g/mol. The first-order valence-electron chi connectivity index (χ1n) is 5.89. The van der Waals surface area contributed by atoms with Gasteiger partial charge in [0.05, 0.1) is 4.90 Å². The summed E-state index contributed by atoms with van der Waals surface area (Å²) < 4.78 is 27.1. The van der Waals surface area contributed by atoms with Crippen LogP contribution in [0.25, 0.3) is 0 Å².